The molecule has 104 valence electrons. The summed E-state index contributed by atoms with van der Waals surface area (Å²) >= 11 is 0. The second-order valence-corrected chi connectivity index (χ2v) is 4.51. The first-order chi connectivity index (χ1) is 9.67. The highest BCUT2D eigenvalue weighted by molar-refractivity contribution is 5.66. The third kappa shape index (κ3) is 2.77. The maximum absolute atomic E-state index is 5.19. The molecule has 2 aromatic carbocycles. The van der Waals surface area contributed by atoms with Crippen LogP contribution in [0.4, 0.5) is 5.69 Å². The molecule has 0 spiro atoms. The first-order valence-electron chi connectivity index (χ1n) is 6.51. The van der Waals surface area contributed by atoms with Crippen molar-refractivity contribution in [2.24, 2.45) is 0 Å². The maximum Gasteiger partial charge on any atom is 0.119 e. The summed E-state index contributed by atoms with van der Waals surface area (Å²) in [6.45, 7) is 4.09. The molecule has 0 bridgehead atoms. The number of benzene rings is 2. The first kappa shape index (κ1) is 14.0. The van der Waals surface area contributed by atoms with Crippen LogP contribution in [0.1, 0.15) is 0 Å². The van der Waals surface area contributed by atoms with Gasteiger partial charge in [0, 0.05) is 25.0 Å². The van der Waals surface area contributed by atoms with E-state index in [1.54, 1.807) is 7.11 Å². The SMILES string of the molecule is C=c1cccc/c1=C(/NC)N(C)c1ccc(OC)cc1. The lowest BCUT2D eigenvalue weighted by Crippen LogP contribution is -2.37. The van der Waals surface area contributed by atoms with Crippen molar-refractivity contribution >= 4 is 18.1 Å². The molecule has 3 heteroatoms. The van der Waals surface area contributed by atoms with Gasteiger partial charge in [-0.1, -0.05) is 30.8 Å². The summed E-state index contributed by atoms with van der Waals surface area (Å²) < 4.78 is 5.19. The summed E-state index contributed by atoms with van der Waals surface area (Å²) in [5, 5.41) is 5.35. The Kier molecular flexibility index (Phi) is 4.31. The topological polar surface area (TPSA) is 24.5 Å². The van der Waals surface area contributed by atoms with Crippen LogP contribution < -0.4 is 25.4 Å². The van der Waals surface area contributed by atoms with E-state index in [4.69, 9.17) is 4.74 Å². The van der Waals surface area contributed by atoms with Gasteiger partial charge >= 0.3 is 0 Å². The lowest BCUT2D eigenvalue weighted by atomic mass is 10.2. The van der Waals surface area contributed by atoms with Gasteiger partial charge in [0.2, 0.25) is 0 Å². The van der Waals surface area contributed by atoms with Gasteiger partial charge in [-0.05, 0) is 29.5 Å². The fourth-order valence-electron chi connectivity index (χ4n) is 2.17. The monoisotopic (exact) mass is 268 g/mol. The van der Waals surface area contributed by atoms with Crippen LogP contribution in [-0.4, -0.2) is 21.2 Å². The van der Waals surface area contributed by atoms with E-state index in [2.05, 4.69) is 22.9 Å². The molecule has 1 N–H and O–H groups in total. The normalized spacial score (nSPS) is 11.8. The number of nitrogens with zero attached hydrogens (tertiary/aromatic N) is 1. The van der Waals surface area contributed by atoms with Crippen molar-refractivity contribution in [3.8, 4) is 5.75 Å². The zero-order chi connectivity index (χ0) is 14.5. The zero-order valence-electron chi connectivity index (χ0n) is 12.2. The van der Waals surface area contributed by atoms with Crippen molar-refractivity contribution in [3.63, 3.8) is 0 Å². The molecule has 0 fully saturated rings. The average Bonchev–Trinajstić information content (AvgIpc) is 2.50. The van der Waals surface area contributed by atoms with E-state index in [0.29, 0.717) is 0 Å². The molecule has 0 aliphatic heterocycles. The average molecular weight is 268 g/mol. The second-order valence-electron chi connectivity index (χ2n) is 4.51. The summed E-state index contributed by atoms with van der Waals surface area (Å²) in [5.41, 5.74) is 1.08. The van der Waals surface area contributed by atoms with Crippen LogP contribution >= 0.6 is 0 Å². The van der Waals surface area contributed by atoms with Crippen molar-refractivity contribution in [2.45, 2.75) is 0 Å². The molecular weight excluding hydrogens is 248 g/mol. The molecule has 0 aliphatic carbocycles. The summed E-state index contributed by atoms with van der Waals surface area (Å²) in [5.74, 6) is 1.87. The third-order valence-corrected chi connectivity index (χ3v) is 3.30. The standard InChI is InChI=1S/C17H20N2O/c1-13-7-5-6-8-16(13)17(18-2)19(3)14-9-11-15(20-4)12-10-14/h5-12,18H,1H2,2-4H3/b17-16+. The molecule has 0 aromatic heterocycles. The van der Waals surface area contributed by atoms with Crippen molar-refractivity contribution < 1.29 is 4.74 Å². The molecule has 20 heavy (non-hydrogen) atoms. The van der Waals surface area contributed by atoms with Crippen LogP contribution in [0.25, 0.3) is 12.4 Å². The van der Waals surface area contributed by atoms with E-state index in [1.165, 1.54) is 0 Å². The molecule has 0 saturated carbocycles. The van der Waals surface area contributed by atoms with Crippen molar-refractivity contribution in [3.05, 3.63) is 59.0 Å². The Labute approximate surface area is 119 Å². The fourth-order valence-corrected chi connectivity index (χ4v) is 2.17. The quantitative estimate of drug-likeness (QED) is 0.910. The van der Waals surface area contributed by atoms with Gasteiger partial charge in [0.15, 0.2) is 0 Å². The smallest absolute Gasteiger partial charge is 0.119 e. The van der Waals surface area contributed by atoms with Gasteiger partial charge in [0.25, 0.3) is 0 Å². The van der Waals surface area contributed by atoms with Crippen LogP contribution in [0, 0.1) is 0 Å². The summed E-state index contributed by atoms with van der Waals surface area (Å²) in [4.78, 5) is 2.10. The maximum atomic E-state index is 5.19. The molecule has 0 saturated heterocycles. The predicted octanol–water partition coefficient (Wildman–Crippen LogP) is 1.53. The molecule has 0 radical (unpaired) electrons. The van der Waals surface area contributed by atoms with Crippen LogP contribution in [0.3, 0.4) is 0 Å². The zero-order valence-corrected chi connectivity index (χ0v) is 12.2. The molecule has 0 amide bonds. The molecule has 0 atom stereocenters. The Morgan fingerprint density at radius 1 is 1.10 bits per heavy atom. The highest BCUT2D eigenvalue weighted by Crippen LogP contribution is 2.20. The van der Waals surface area contributed by atoms with E-state index < -0.39 is 0 Å². The fraction of sp³-hybridized carbons (Fsp3) is 0.176. The minimum Gasteiger partial charge on any atom is -0.497 e. The number of ether oxygens (including phenoxy) is 1. The summed E-state index contributed by atoms with van der Waals surface area (Å²) in [6.07, 6.45) is 0. The molecular formula is C17H20N2O. The van der Waals surface area contributed by atoms with Gasteiger partial charge in [-0.25, -0.2) is 0 Å². The Bertz CT molecular complexity index is 677. The van der Waals surface area contributed by atoms with Crippen LogP contribution in [0.2, 0.25) is 0 Å². The number of hydrogen-bond acceptors (Lipinski definition) is 3. The van der Waals surface area contributed by atoms with Gasteiger partial charge in [-0.15, -0.1) is 0 Å². The van der Waals surface area contributed by atoms with E-state index >= 15 is 0 Å². The third-order valence-electron chi connectivity index (χ3n) is 3.30. The predicted molar refractivity (Wildman–Crippen MR) is 85.1 cm³/mol. The van der Waals surface area contributed by atoms with E-state index in [-0.39, 0.29) is 0 Å². The number of nitrogens with one attached hydrogen (secondary N) is 1. The molecule has 3 nitrogen and oxygen atoms in total. The van der Waals surface area contributed by atoms with Crippen LogP contribution in [0.5, 0.6) is 5.75 Å². The highest BCUT2D eigenvalue weighted by Gasteiger charge is 2.07. The van der Waals surface area contributed by atoms with Gasteiger partial charge in [0.05, 0.1) is 7.11 Å². The lowest BCUT2D eigenvalue weighted by molar-refractivity contribution is 0.415. The summed E-state index contributed by atoms with van der Waals surface area (Å²) in [7, 11) is 5.62. The Balaban J connectivity index is 2.49. The molecule has 2 rings (SSSR count). The van der Waals surface area contributed by atoms with Crippen molar-refractivity contribution in [1.82, 2.24) is 5.32 Å². The largest absolute Gasteiger partial charge is 0.497 e. The van der Waals surface area contributed by atoms with Crippen LogP contribution in [0.15, 0.2) is 48.5 Å². The van der Waals surface area contributed by atoms with E-state index in [0.717, 1.165) is 27.7 Å². The van der Waals surface area contributed by atoms with E-state index in [9.17, 15) is 0 Å². The molecule has 0 heterocycles. The second kappa shape index (κ2) is 6.15. The number of hydrogen-bond donors (Lipinski definition) is 1. The minimum absolute atomic E-state index is 0.853. The molecule has 0 aliphatic rings. The number of rotatable bonds is 4. The number of anilines is 1. The Hall–Kier alpha value is -2.42. The Morgan fingerprint density at radius 3 is 2.30 bits per heavy atom. The van der Waals surface area contributed by atoms with Crippen molar-refractivity contribution in [1.29, 1.82) is 0 Å². The van der Waals surface area contributed by atoms with Gasteiger partial charge in [0.1, 0.15) is 11.6 Å². The number of methoxy groups -OCH3 is 1. The van der Waals surface area contributed by atoms with Gasteiger partial charge in [-0.3, -0.25) is 0 Å². The van der Waals surface area contributed by atoms with E-state index in [1.807, 2.05) is 56.6 Å². The molecule has 0 unspecified atom stereocenters. The Morgan fingerprint density at radius 2 is 1.75 bits per heavy atom. The van der Waals surface area contributed by atoms with Crippen molar-refractivity contribution in [2.75, 3.05) is 26.1 Å². The first-order valence-corrected chi connectivity index (χ1v) is 6.51. The van der Waals surface area contributed by atoms with Crippen LogP contribution in [-0.2, 0) is 0 Å². The highest BCUT2D eigenvalue weighted by atomic mass is 16.5. The minimum atomic E-state index is 0.853. The van der Waals surface area contributed by atoms with Gasteiger partial charge in [-0.2, -0.15) is 0 Å². The summed E-state index contributed by atoms with van der Waals surface area (Å²) in [6, 6.07) is 16.0. The lowest BCUT2D eigenvalue weighted by Gasteiger charge is -2.23. The molecule has 2 aromatic rings. The van der Waals surface area contributed by atoms with Gasteiger partial charge < -0.3 is 15.0 Å².